The summed E-state index contributed by atoms with van der Waals surface area (Å²) < 4.78 is 2.25. The Morgan fingerprint density at radius 1 is 1.10 bits per heavy atom. The van der Waals surface area contributed by atoms with Gasteiger partial charge >= 0.3 is 0 Å². The number of fused-ring (bicyclic) bond motifs is 3. The molecule has 0 aliphatic rings. The van der Waals surface area contributed by atoms with Crippen molar-refractivity contribution < 1.29 is 5.11 Å². The molecule has 4 rings (SSSR count). The molecule has 3 heterocycles. The molecule has 0 atom stereocenters. The molecular formula is C17H14N2OS. The Labute approximate surface area is 126 Å². The first-order valence-electron chi connectivity index (χ1n) is 6.86. The predicted octanol–water partition coefficient (Wildman–Crippen LogP) is 3.79. The van der Waals surface area contributed by atoms with Crippen LogP contribution in [0.15, 0.2) is 54.0 Å². The highest BCUT2D eigenvalue weighted by molar-refractivity contribution is 7.09. The molecule has 0 radical (unpaired) electrons. The Balaban J connectivity index is 2.02. The van der Waals surface area contributed by atoms with Crippen molar-refractivity contribution in [2.75, 3.05) is 0 Å². The van der Waals surface area contributed by atoms with Crippen LogP contribution in [0.2, 0.25) is 0 Å². The molecule has 4 aromatic rings. The lowest BCUT2D eigenvalue weighted by Crippen LogP contribution is -1.99. The van der Waals surface area contributed by atoms with Crippen molar-refractivity contribution in [1.29, 1.82) is 0 Å². The number of aliphatic hydroxyl groups is 1. The summed E-state index contributed by atoms with van der Waals surface area (Å²) in [5.74, 6) is 0. The summed E-state index contributed by atoms with van der Waals surface area (Å²) in [4.78, 5) is 5.89. The van der Waals surface area contributed by atoms with E-state index in [2.05, 4.69) is 45.3 Å². The van der Waals surface area contributed by atoms with Gasteiger partial charge in [0.25, 0.3) is 0 Å². The van der Waals surface area contributed by atoms with Crippen LogP contribution in [0.25, 0.3) is 21.9 Å². The summed E-state index contributed by atoms with van der Waals surface area (Å²) in [6, 6.07) is 14.6. The van der Waals surface area contributed by atoms with E-state index in [1.54, 1.807) is 17.5 Å². The van der Waals surface area contributed by atoms with E-state index in [1.807, 2.05) is 12.1 Å². The second-order valence-electron chi connectivity index (χ2n) is 5.06. The third kappa shape index (κ3) is 2.04. The fraction of sp³-hybridized carbons (Fsp3) is 0.118. The first kappa shape index (κ1) is 12.6. The molecule has 0 unspecified atom stereocenters. The first-order chi connectivity index (χ1) is 10.4. The largest absolute Gasteiger partial charge is 0.392 e. The summed E-state index contributed by atoms with van der Waals surface area (Å²) >= 11 is 1.76. The molecule has 0 aliphatic heterocycles. The van der Waals surface area contributed by atoms with Crippen LogP contribution in [0.1, 0.15) is 10.4 Å². The number of aliphatic hydroxyl groups excluding tert-OH is 1. The topological polar surface area (TPSA) is 38.1 Å². The Hall–Kier alpha value is -2.17. The molecule has 1 N–H and O–H groups in total. The van der Waals surface area contributed by atoms with Crippen LogP contribution in [-0.4, -0.2) is 14.7 Å². The van der Waals surface area contributed by atoms with Crippen molar-refractivity contribution in [2.24, 2.45) is 0 Å². The predicted molar refractivity (Wildman–Crippen MR) is 86.6 cm³/mol. The van der Waals surface area contributed by atoms with Crippen molar-refractivity contribution in [3.63, 3.8) is 0 Å². The van der Waals surface area contributed by atoms with Gasteiger partial charge in [-0.05, 0) is 29.1 Å². The minimum Gasteiger partial charge on any atom is -0.392 e. The Bertz CT molecular complexity index is 909. The standard InChI is InChI=1S/C17H14N2OS/c20-11-12-8-15-14-5-1-2-6-16(14)19(17(15)18-9-12)10-13-4-3-7-21-13/h1-9,20H,10-11H2. The Morgan fingerprint density at radius 3 is 2.81 bits per heavy atom. The molecule has 0 saturated heterocycles. The van der Waals surface area contributed by atoms with E-state index in [0.717, 1.165) is 23.1 Å². The maximum atomic E-state index is 9.34. The lowest BCUT2D eigenvalue weighted by atomic mass is 10.1. The van der Waals surface area contributed by atoms with Crippen LogP contribution in [0.5, 0.6) is 0 Å². The zero-order valence-corrected chi connectivity index (χ0v) is 12.2. The molecule has 21 heavy (non-hydrogen) atoms. The summed E-state index contributed by atoms with van der Waals surface area (Å²) in [7, 11) is 0. The number of thiophene rings is 1. The van der Waals surface area contributed by atoms with Crippen LogP contribution in [-0.2, 0) is 13.2 Å². The molecule has 4 heteroatoms. The Morgan fingerprint density at radius 2 is 2.00 bits per heavy atom. The molecule has 104 valence electrons. The third-order valence-electron chi connectivity index (χ3n) is 3.74. The van der Waals surface area contributed by atoms with Gasteiger partial charge in [-0.3, -0.25) is 0 Å². The van der Waals surface area contributed by atoms with E-state index < -0.39 is 0 Å². The van der Waals surface area contributed by atoms with E-state index in [1.165, 1.54) is 15.8 Å². The van der Waals surface area contributed by atoms with Crippen LogP contribution >= 0.6 is 11.3 Å². The van der Waals surface area contributed by atoms with Gasteiger partial charge in [0.15, 0.2) is 0 Å². The number of rotatable bonds is 3. The molecule has 0 saturated carbocycles. The summed E-state index contributed by atoms with van der Waals surface area (Å²) in [5, 5.41) is 13.7. The van der Waals surface area contributed by atoms with Crippen LogP contribution < -0.4 is 0 Å². The minimum atomic E-state index is 0.0212. The van der Waals surface area contributed by atoms with Gasteiger partial charge in [0.2, 0.25) is 0 Å². The quantitative estimate of drug-likeness (QED) is 0.624. The number of aromatic nitrogens is 2. The number of para-hydroxylation sites is 1. The summed E-state index contributed by atoms with van der Waals surface area (Å²) in [6.07, 6.45) is 1.76. The van der Waals surface area contributed by atoms with Gasteiger partial charge in [0.1, 0.15) is 5.65 Å². The Kier molecular flexibility index (Phi) is 2.98. The molecule has 0 fully saturated rings. The van der Waals surface area contributed by atoms with Crippen LogP contribution in [0.3, 0.4) is 0 Å². The molecular weight excluding hydrogens is 280 g/mol. The van der Waals surface area contributed by atoms with Crippen molar-refractivity contribution >= 4 is 33.3 Å². The van der Waals surface area contributed by atoms with Gasteiger partial charge < -0.3 is 9.67 Å². The van der Waals surface area contributed by atoms with Crippen molar-refractivity contribution in [3.05, 3.63) is 64.5 Å². The van der Waals surface area contributed by atoms with Crippen molar-refractivity contribution in [2.45, 2.75) is 13.2 Å². The highest BCUT2D eigenvalue weighted by atomic mass is 32.1. The number of hydrogen-bond donors (Lipinski definition) is 1. The molecule has 0 bridgehead atoms. The highest BCUT2D eigenvalue weighted by Crippen LogP contribution is 2.29. The second-order valence-corrected chi connectivity index (χ2v) is 6.09. The zero-order chi connectivity index (χ0) is 14.2. The van der Waals surface area contributed by atoms with Gasteiger partial charge in [-0.25, -0.2) is 4.98 Å². The molecule has 3 aromatic heterocycles. The van der Waals surface area contributed by atoms with E-state index in [9.17, 15) is 5.11 Å². The van der Waals surface area contributed by atoms with E-state index in [4.69, 9.17) is 0 Å². The number of benzene rings is 1. The summed E-state index contributed by atoms with van der Waals surface area (Å²) in [5.41, 5.74) is 3.01. The molecule has 3 nitrogen and oxygen atoms in total. The monoisotopic (exact) mass is 294 g/mol. The average Bonchev–Trinajstić information content (AvgIpc) is 3.15. The molecule has 0 spiro atoms. The molecule has 1 aromatic carbocycles. The number of pyridine rings is 1. The number of hydrogen-bond acceptors (Lipinski definition) is 3. The summed E-state index contributed by atoms with van der Waals surface area (Å²) in [6.45, 7) is 0.848. The SMILES string of the molecule is OCc1cnc2c(c1)c1ccccc1n2Cc1cccs1. The van der Waals surface area contributed by atoms with Gasteiger partial charge in [-0.15, -0.1) is 11.3 Å². The number of nitrogens with zero attached hydrogens (tertiary/aromatic N) is 2. The van der Waals surface area contributed by atoms with E-state index in [0.29, 0.717) is 0 Å². The maximum Gasteiger partial charge on any atom is 0.141 e. The minimum absolute atomic E-state index is 0.0212. The normalized spacial score (nSPS) is 11.5. The van der Waals surface area contributed by atoms with Crippen molar-refractivity contribution in [3.8, 4) is 0 Å². The fourth-order valence-corrected chi connectivity index (χ4v) is 3.46. The van der Waals surface area contributed by atoms with E-state index in [-0.39, 0.29) is 6.61 Å². The van der Waals surface area contributed by atoms with Crippen molar-refractivity contribution in [1.82, 2.24) is 9.55 Å². The second kappa shape index (κ2) is 4.98. The van der Waals surface area contributed by atoms with Gasteiger partial charge in [0.05, 0.1) is 18.7 Å². The van der Waals surface area contributed by atoms with Crippen LogP contribution in [0.4, 0.5) is 0 Å². The molecule has 0 amide bonds. The first-order valence-corrected chi connectivity index (χ1v) is 7.74. The van der Waals surface area contributed by atoms with Gasteiger partial charge in [-0.2, -0.15) is 0 Å². The zero-order valence-electron chi connectivity index (χ0n) is 11.4. The lowest BCUT2D eigenvalue weighted by Gasteiger charge is -2.05. The lowest BCUT2D eigenvalue weighted by molar-refractivity contribution is 0.281. The average molecular weight is 294 g/mol. The van der Waals surface area contributed by atoms with Gasteiger partial charge in [-0.1, -0.05) is 24.3 Å². The van der Waals surface area contributed by atoms with Crippen LogP contribution in [0, 0.1) is 0 Å². The van der Waals surface area contributed by atoms with Gasteiger partial charge in [0, 0.05) is 21.8 Å². The molecule has 0 aliphatic carbocycles. The smallest absolute Gasteiger partial charge is 0.141 e. The highest BCUT2D eigenvalue weighted by Gasteiger charge is 2.12. The maximum absolute atomic E-state index is 9.34. The third-order valence-corrected chi connectivity index (χ3v) is 4.60. The fourth-order valence-electron chi connectivity index (χ4n) is 2.77. The van der Waals surface area contributed by atoms with E-state index >= 15 is 0 Å².